The highest BCUT2D eigenvalue weighted by Crippen LogP contribution is 2.51. The lowest BCUT2D eigenvalue weighted by Gasteiger charge is -2.50. The molecule has 2 aromatic rings. The van der Waals surface area contributed by atoms with Gasteiger partial charge < -0.3 is 40.1 Å². The fraction of sp³-hybridized carbons (Fsp3) is 0.400. The van der Waals surface area contributed by atoms with Crippen LogP contribution in [-0.2, 0) is 6.42 Å². The van der Waals surface area contributed by atoms with Crippen LogP contribution in [0.4, 0.5) is 0 Å². The molecule has 0 spiro atoms. The standard InChI is InChI=1S/C20H24O8/c1-27-16-5-11(3-4-14(16)23)18-13-7-15(24)17(28-2)6-12(13)8-19(25,9-21)20(18,26)10-22/h3-7,18,21-26H,8-10H2,1-2H3/t18-,19+,20-/m0/s1. The van der Waals surface area contributed by atoms with Crippen LogP contribution in [0.1, 0.15) is 22.6 Å². The summed E-state index contributed by atoms with van der Waals surface area (Å²) in [6.07, 6.45) is -0.168. The number of methoxy groups -OCH3 is 2. The van der Waals surface area contributed by atoms with Crippen molar-refractivity contribution in [3.05, 3.63) is 47.0 Å². The first kappa shape index (κ1) is 20.2. The van der Waals surface area contributed by atoms with E-state index in [1.54, 1.807) is 0 Å². The van der Waals surface area contributed by atoms with Gasteiger partial charge in [-0.15, -0.1) is 0 Å². The molecule has 3 rings (SSSR count). The Morgan fingerprint density at radius 1 is 0.929 bits per heavy atom. The van der Waals surface area contributed by atoms with E-state index in [4.69, 9.17) is 9.47 Å². The van der Waals surface area contributed by atoms with Crippen molar-refractivity contribution in [2.75, 3.05) is 27.4 Å². The Morgan fingerprint density at radius 2 is 1.57 bits per heavy atom. The van der Waals surface area contributed by atoms with Crippen molar-refractivity contribution in [1.82, 2.24) is 0 Å². The number of aliphatic hydroxyl groups excluding tert-OH is 2. The minimum absolute atomic E-state index is 0.121. The van der Waals surface area contributed by atoms with Crippen molar-refractivity contribution < 1.29 is 40.1 Å². The van der Waals surface area contributed by atoms with Gasteiger partial charge in [0.1, 0.15) is 11.2 Å². The molecule has 28 heavy (non-hydrogen) atoms. The molecule has 1 aliphatic rings. The Balaban J connectivity index is 2.32. The summed E-state index contributed by atoms with van der Waals surface area (Å²) in [6, 6.07) is 7.26. The molecule has 1 aliphatic carbocycles. The first-order chi connectivity index (χ1) is 13.2. The van der Waals surface area contributed by atoms with E-state index in [-0.39, 0.29) is 29.4 Å². The van der Waals surface area contributed by atoms with E-state index >= 15 is 0 Å². The molecule has 0 aromatic heterocycles. The maximum absolute atomic E-state index is 11.3. The van der Waals surface area contributed by atoms with Gasteiger partial charge in [0, 0.05) is 12.3 Å². The summed E-state index contributed by atoms with van der Waals surface area (Å²) >= 11 is 0. The average Bonchev–Trinajstić information content (AvgIpc) is 2.69. The molecular formula is C20H24O8. The lowest BCUT2D eigenvalue weighted by Crippen LogP contribution is -2.65. The summed E-state index contributed by atoms with van der Waals surface area (Å²) in [4.78, 5) is 0. The van der Waals surface area contributed by atoms with Crippen molar-refractivity contribution in [2.45, 2.75) is 23.5 Å². The maximum atomic E-state index is 11.3. The summed E-state index contributed by atoms with van der Waals surface area (Å²) in [5.74, 6) is -1.02. The molecule has 6 N–H and O–H groups in total. The van der Waals surface area contributed by atoms with Gasteiger partial charge in [0.15, 0.2) is 23.0 Å². The summed E-state index contributed by atoms with van der Waals surface area (Å²) in [5.41, 5.74) is -2.85. The van der Waals surface area contributed by atoms with Gasteiger partial charge in [0.25, 0.3) is 0 Å². The number of phenols is 2. The summed E-state index contributed by atoms with van der Waals surface area (Å²) < 4.78 is 10.3. The fourth-order valence-corrected chi connectivity index (χ4v) is 3.97. The second-order valence-corrected chi connectivity index (χ2v) is 7.04. The summed E-state index contributed by atoms with van der Waals surface area (Å²) in [5, 5.41) is 62.4. The van der Waals surface area contributed by atoms with Crippen LogP contribution < -0.4 is 9.47 Å². The van der Waals surface area contributed by atoms with Crippen LogP contribution in [-0.4, -0.2) is 69.3 Å². The van der Waals surface area contributed by atoms with E-state index in [0.29, 0.717) is 16.7 Å². The van der Waals surface area contributed by atoms with E-state index in [1.165, 1.54) is 44.6 Å². The van der Waals surface area contributed by atoms with E-state index in [2.05, 4.69) is 0 Å². The first-order valence-corrected chi connectivity index (χ1v) is 8.67. The molecule has 0 amide bonds. The number of aliphatic hydroxyl groups is 4. The zero-order valence-corrected chi connectivity index (χ0v) is 15.6. The van der Waals surface area contributed by atoms with Crippen LogP contribution in [0.25, 0.3) is 0 Å². The number of aromatic hydroxyl groups is 2. The van der Waals surface area contributed by atoms with Gasteiger partial charge >= 0.3 is 0 Å². The lowest BCUT2D eigenvalue weighted by atomic mass is 9.61. The number of hydrogen-bond donors (Lipinski definition) is 6. The monoisotopic (exact) mass is 392 g/mol. The molecular weight excluding hydrogens is 368 g/mol. The highest BCUT2D eigenvalue weighted by atomic mass is 16.5. The fourth-order valence-electron chi connectivity index (χ4n) is 3.97. The van der Waals surface area contributed by atoms with Crippen LogP contribution >= 0.6 is 0 Å². The second kappa shape index (κ2) is 7.14. The largest absolute Gasteiger partial charge is 0.504 e. The molecule has 0 aliphatic heterocycles. The number of ether oxygens (including phenoxy) is 2. The van der Waals surface area contributed by atoms with Gasteiger partial charge in [-0.3, -0.25) is 0 Å². The third kappa shape index (κ3) is 2.85. The predicted octanol–water partition coefficient (Wildman–Crippen LogP) is 0.250. The van der Waals surface area contributed by atoms with Gasteiger partial charge in [0.05, 0.1) is 27.4 Å². The number of fused-ring (bicyclic) bond motifs is 1. The van der Waals surface area contributed by atoms with E-state index < -0.39 is 30.3 Å². The molecule has 0 saturated carbocycles. The average molecular weight is 392 g/mol. The van der Waals surface area contributed by atoms with Crippen LogP contribution in [0, 0.1) is 0 Å². The van der Waals surface area contributed by atoms with Crippen LogP contribution in [0.3, 0.4) is 0 Å². The first-order valence-electron chi connectivity index (χ1n) is 8.67. The Kier molecular flexibility index (Phi) is 5.16. The van der Waals surface area contributed by atoms with E-state index in [0.717, 1.165) is 0 Å². The SMILES string of the molecule is COc1cc([C@H]2c3cc(O)c(OC)cc3C[C@@](O)(CO)[C@]2(O)CO)ccc1O. The normalized spacial score (nSPS) is 26.6. The van der Waals surface area contributed by atoms with Crippen molar-refractivity contribution in [2.24, 2.45) is 0 Å². The third-order valence-corrected chi connectivity index (χ3v) is 5.56. The van der Waals surface area contributed by atoms with E-state index in [9.17, 15) is 30.6 Å². The van der Waals surface area contributed by atoms with Crippen molar-refractivity contribution >= 4 is 0 Å². The molecule has 2 aromatic carbocycles. The summed E-state index contributed by atoms with van der Waals surface area (Å²) in [7, 11) is 2.75. The lowest BCUT2D eigenvalue weighted by molar-refractivity contribution is -0.201. The molecule has 8 nitrogen and oxygen atoms in total. The molecule has 152 valence electrons. The zero-order chi connectivity index (χ0) is 20.7. The molecule has 0 fully saturated rings. The predicted molar refractivity (Wildman–Crippen MR) is 98.9 cm³/mol. The number of benzene rings is 2. The summed E-state index contributed by atoms with van der Waals surface area (Å²) in [6.45, 7) is -1.66. The van der Waals surface area contributed by atoms with Gasteiger partial charge in [-0.25, -0.2) is 0 Å². The smallest absolute Gasteiger partial charge is 0.160 e. The molecule has 8 heteroatoms. The van der Waals surface area contributed by atoms with Crippen molar-refractivity contribution in [1.29, 1.82) is 0 Å². The van der Waals surface area contributed by atoms with Crippen LogP contribution in [0.2, 0.25) is 0 Å². The minimum Gasteiger partial charge on any atom is -0.504 e. The van der Waals surface area contributed by atoms with E-state index in [1.807, 2.05) is 0 Å². The molecule has 3 atom stereocenters. The molecule has 0 radical (unpaired) electrons. The molecule has 0 unspecified atom stereocenters. The number of rotatable bonds is 5. The van der Waals surface area contributed by atoms with Crippen molar-refractivity contribution in [3.8, 4) is 23.0 Å². The molecule has 0 bridgehead atoms. The minimum atomic E-state index is -2.17. The second-order valence-electron chi connectivity index (χ2n) is 7.04. The Labute approximate surface area is 161 Å². The third-order valence-electron chi connectivity index (χ3n) is 5.56. The quantitative estimate of drug-likeness (QED) is 0.426. The van der Waals surface area contributed by atoms with Gasteiger partial charge in [0.2, 0.25) is 0 Å². The van der Waals surface area contributed by atoms with Crippen LogP contribution in [0.5, 0.6) is 23.0 Å². The highest BCUT2D eigenvalue weighted by Gasteiger charge is 2.58. The maximum Gasteiger partial charge on any atom is 0.160 e. The van der Waals surface area contributed by atoms with Gasteiger partial charge in [-0.2, -0.15) is 0 Å². The van der Waals surface area contributed by atoms with Gasteiger partial charge in [-0.1, -0.05) is 6.07 Å². The Hall–Kier alpha value is -2.52. The Morgan fingerprint density at radius 3 is 2.14 bits per heavy atom. The topological polar surface area (TPSA) is 140 Å². The van der Waals surface area contributed by atoms with Crippen LogP contribution in [0.15, 0.2) is 30.3 Å². The van der Waals surface area contributed by atoms with Gasteiger partial charge in [-0.05, 0) is 41.0 Å². The zero-order valence-electron chi connectivity index (χ0n) is 15.6. The molecule has 0 saturated heterocycles. The number of phenolic OH excluding ortho intramolecular Hbond substituents is 2. The highest BCUT2D eigenvalue weighted by molar-refractivity contribution is 5.56. The Bertz CT molecular complexity index is 883. The van der Waals surface area contributed by atoms with Crippen molar-refractivity contribution in [3.63, 3.8) is 0 Å². The molecule has 0 heterocycles. The number of hydrogen-bond acceptors (Lipinski definition) is 8.